The predicted molar refractivity (Wildman–Crippen MR) is 91.8 cm³/mol. The quantitative estimate of drug-likeness (QED) is 0.691. The number of rotatable bonds is 3. The van der Waals surface area contributed by atoms with Crippen LogP contribution in [0.3, 0.4) is 0 Å². The van der Waals surface area contributed by atoms with Crippen LogP contribution in [0.15, 0.2) is 41.1 Å². The molecule has 110 valence electrons. The molecule has 0 N–H and O–H groups in total. The highest BCUT2D eigenvalue weighted by Crippen LogP contribution is 2.31. The Morgan fingerprint density at radius 3 is 2.77 bits per heavy atom. The lowest BCUT2D eigenvalue weighted by Gasteiger charge is -2.18. The largest absolute Gasteiger partial charge is 0.486 e. The molecule has 0 atom stereocenters. The number of fused-ring (bicyclic) bond motifs is 1. The fourth-order valence-corrected chi connectivity index (χ4v) is 3.70. The molecule has 0 amide bonds. The van der Waals surface area contributed by atoms with Crippen LogP contribution in [0.25, 0.3) is 22.7 Å². The summed E-state index contributed by atoms with van der Waals surface area (Å²) in [7, 11) is 0. The summed E-state index contributed by atoms with van der Waals surface area (Å²) < 4.78 is 11.1. The second kappa shape index (κ2) is 5.94. The molecule has 5 heteroatoms. The first-order valence-electron chi connectivity index (χ1n) is 6.96. The lowest BCUT2D eigenvalue weighted by Crippen LogP contribution is -2.15. The Morgan fingerprint density at radius 1 is 1.00 bits per heavy atom. The molecule has 0 spiro atoms. The Balaban J connectivity index is 1.54. The number of nitrogens with zero attached hydrogens (tertiary/aromatic N) is 1. The van der Waals surface area contributed by atoms with E-state index in [1.165, 1.54) is 4.88 Å². The number of hydrogen-bond acceptors (Lipinski definition) is 5. The standard InChI is InChI=1S/C17H13NO2S2/c1-2-16(21-9-1)13-11-22-17(18-13)6-4-12-3-5-14-15(10-12)20-8-7-19-14/h1-6,9-11H,7-8H2. The van der Waals surface area contributed by atoms with Gasteiger partial charge < -0.3 is 9.47 Å². The van der Waals surface area contributed by atoms with E-state index in [2.05, 4.69) is 27.9 Å². The average Bonchev–Trinajstić information content (AvgIpc) is 3.24. The minimum absolute atomic E-state index is 0.608. The third kappa shape index (κ3) is 2.77. The number of benzene rings is 1. The predicted octanol–water partition coefficient (Wildman–Crippen LogP) is 4.81. The van der Waals surface area contributed by atoms with Crippen LogP contribution in [0.1, 0.15) is 10.6 Å². The SMILES string of the molecule is C(=Cc1nc(-c2cccs2)cs1)c1ccc2c(c1)OCCO2. The summed E-state index contributed by atoms with van der Waals surface area (Å²) in [6.07, 6.45) is 4.09. The summed E-state index contributed by atoms with van der Waals surface area (Å²) >= 11 is 3.36. The molecule has 0 aliphatic carbocycles. The fraction of sp³-hybridized carbons (Fsp3) is 0.118. The van der Waals surface area contributed by atoms with Crippen LogP contribution >= 0.6 is 22.7 Å². The monoisotopic (exact) mass is 327 g/mol. The lowest BCUT2D eigenvalue weighted by atomic mass is 10.2. The molecule has 3 heterocycles. The maximum atomic E-state index is 5.60. The zero-order chi connectivity index (χ0) is 14.8. The van der Waals surface area contributed by atoms with E-state index in [9.17, 15) is 0 Å². The lowest BCUT2D eigenvalue weighted by molar-refractivity contribution is 0.171. The van der Waals surface area contributed by atoms with Gasteiger partial charge in [-0.1, -0.05) is 18.2 Å². The van der Waals surface area contributed by atoms with Crippen molar-refractivity contribution in [1.82, 2.24) is 4.98 Å². The van der Waals surface area contributed by atoms with Crippen LogP contribution in [0.5, 0.6) is 11.5 Å². The number of thiophene rings is 1. The molecule has 3 nitrogen and oxygen atoms in total. The minimum Gasteiger partial charge on any atom is -0.486 e. The summed E-state index contributed by atoms with van der Waals surface area (Å²) in [6.45, 7) is 1.23. The maximum absolute atomic E-state index is 5.60. The molecule has 0 saturated carbocycles. The van der Waals surface area contributed by atoms with Crippen molar-refractivity contribution in [3.05, 3.63) is 51.7 Å². The van der Waals surface area contributed by atoms with Crippen molar-refractivity contribution < 1.29 is 9.47 Å². The van der Waals surface area contributed by atoms with Gasteiger partial charge in [0.2, 0.25) is 0 Å². The Kier molecular flexibility index (Phi) is 3.66. The zero-order valence-electron chi connectivity index (χ0n) is 11.7. The third-order valence-corrected chi connectivity index (χ3v) is 4.98. The Morgan fingerprint density at radius 2 is 1.91 bits per heavy atom. The van der Waals surface area contributed by atoms with Crippen molar-refractivity contribution in [2.24, 2.45) is 0 Å². The summed E-state index contributed by atoms with van der Waals surface area (Å²) in [5, 5.41) is 5.16. The van der Waals surface area contributed by atoms with Gasteiger partial charge in [0.05, 0.1) is 10.6 Å². The van der Waals surface area contributed by atoms with Crippen molar-refractivity contribution in [2.45, 2.75) is 0 Å². The highest BCUT2D eigenvalue weighted by molar-refractivity contribution is 7.14. The highest BCUT2D eigenvalue weighted by atomic mass is 32.1. The molecule has 0 radical (unpaired) electrons. The van der Waals surface area contributed by atoms with Gasteiger partial charge in [0, 0.05) is 5.38 Å². The second-order valence-electron chi connectivity index (χ2n) is 4.78. The second-order valence-corrected chi connectivity index (χ2v) is 6.62. The molecule has 0 bridgehead atoms. The third-order valence-electron chi connectivity index (χ3n) is 3.28. The Hall–Kier alpha value is -2.11. The normalized spacial score (nSPS) is 13.6. The zero-order valence-corrected chi connectivity index (χ0v) is 13.3. The van der Waals surface area contributed by atoms with Crippen LogP contribution in [0.4, 0.5) is 0 Å². The molecule has 0 saturated heterocycles. The van der Waals surface area contributed by atoms with Gasteiger partial charge in [-0.15, -0.1) is 22.7 Å². The van der Waals surface area contributed by atoms with E-state index in [-0.39, 0.29) is 0 Å². The van der Waals surface area contributed by atoms with E-state index in [0.29, 0.717) is 13.2 Å². The molecular weight excluding hydrogens is 314 g/mol. The summed E-state index contributed by atoms with van der Waals surface area (Å²) in [4.78, 5) is 5.85. The van der Waals surface area contributed by atoms with Crippen LogP contribution in [-0.4, -0.2) is 18.2 Å². The maximum Gasteiger partial charge on any atom is 0.161 e. The number of ether oxygens (including phenoxy) is 2. The smallest absolute Gasteiger partial charge is 0.161 e. The van der Waals surface area contributed by atoms with Gasteiger partial charge >= 0.3 is 0 Å². The van der Waals surface area contributed by atoms with Crippen molar-refractivity contribution in [1.29, 1.82) is 0 Å². The van der Waals surface area contributed by atoms with Gasteiger partial charge in [-0.25, -0.2) is 4.98 Å². The fourth-order valence-electron chi connectivity index (χ4n) is 2.23. The Labute approximate surface area is 136 Å². The van der Waals surface area contributed by atoms with E-state index in [1.54, 1.807) is 22.7 Å². The first kappa shape index (κ1) is 13.5. The van der Waals surface area contributed by atoms with Crippen molar-refractivity contribution >= 4 is 34.8 Å². The van der Waals surface area contributed by atoms with Crippen molar-refractivity contribution in [3.8, 4) is 22.1 Å². The van der Waals surface area contributed by atoms with Crippen LogP contribution in [-0.2, 0) is 0 Å². The van der Waals surface area contributed by atoms with Gasteiger partial charge in [0.25, 0.3) is 0 Å². The molecule has 0 fully saturated rings. The van der Waals surface area contributed by atoms with Crippen molar-refractivity contribution in [2.75, 3.05) is 13.2 Å². The molecule has 4 rings (SSSR count). The van der Waals surface area contributed by atoms with Gasteiger partial charge in [0.15, 0.2) is 11.5 Å². The minimum atomic E-state index is 0.608. The van der Waals surface area contributed by atoms with E-state index in [4.69, 9.17) is 9.47 Å². The van der Waals surface area contributed by atoms with Crippen LogP contribution in [0, 0.1) is 0 Å². The first-order valence-corrected chi connectivity index (χ1v) is 8.71. The molecule has 1 aromatic carbocycles. The first-order chi connectivity index (χ1) is 10.9. The van der Waals surface area contributed by atoms with E-state index in [0.717, 1.165) is 27.8 Å². The average molecular weight is 327 g/mol. The Bertz CT molecular complexity index is 806. The van der Waals surface area contributed by atoms with Gasteiger partial charge in [-0.05, 0) is 35.2 Å². The topological polar surface area (TPSA) is 31.4 Å². The molecule has 0 unspecified atom stereocenters. The van der Waals surface area contributed by atoms with E-state index < -0.39 is 0 Å². The van der Waals surface area contributed by atoms with E-state index >= 15 is 0 Å². The molecule has 1 aliphatic rings. The van der Waals surface area contributed by atoms with Crippen molar-refractivity contribution in [3.63, 3.8) is 0 Å². The van der Waals surface area contributed by atoms with E-state index in [1.807, 2.05) is 30.3 Å². The molecular formula is C17H13NO2S2. The van der Waals surface area contributed by atoms with Crippen LogP contribution in [0.2, 0.25) is 0 Å². The summed E-state index contributed by atoms with van der Waals surface area (Å²) in [6, 6.07) is 10.1. The van der Waals surface area contributed by atoms with Crippen LogP contribution < -0.4 is 9.47 Å². The van der Waals surface area contributed by atoms with Gasteiger partial charge in [0.1, 0.15) is 18.2 Å². The number of thiazole rings is 1. The number of hydrogen-bond donors (Lipinski definition) is 0. The van der Waals surface area contributed by atoms with Gasteiger partial charge in [-0.2, -0.15) is 0 Å². The molecule has 1 aliphatic heterocycles. The molecule has 22 heavy (non-hydrogen) atoms. The molecule has 2 aromatic heterocycles. The highest BCUT2D eigenvalue weighted by Gasteiger charge is 2.10. The number of aromatic nitrogens is 1. The molecule has 3 aromatic rings. The van der Waals surface area contributed by atoms with Gasteiger partial charge in [-0.3, -0.25) is 0 Å². The summed E-state index contributed by atoms with van der Waals surface area (Å²) in [5.41, 5.74) is 2.12. The summed E-state index contributed by atoms with van der Waals surface area (Å²) in [5.74, 6) is 1.63.